The number of halogens is 1. The summed E-state index contributed by atoms with van der Waals surface area (Å²) in [5.41, 5.74) is 0.759. The second-order valence-electron chi connectivity index (χ2n) is 2.05. The molecule has 1 aromatic rings. The second kappa shape index (κ2) is 2.69. The van der Waals surface area contributed by atoms with Crippen LogP contribution in [-0.4, -0.2) is 0 Å². The van der Waals surface area contributed by atoms with Gasteiger partial charge in [0.1, 0.15) is 18.7 Å². The van der Waals surface area contributed by atoms with Crippen LogP contribution in [0.2, 0.25) is 0 Å². The highest BCUT2D eigenvalue weighted by Crippen LogP contribution is 2.17. The van der Waals surface area contributed by atoms with Gasteiger partial charge in [-0.1, -0.05) is 0 Å². The zero-order chi connectivity index (χ0) is 7.56. The van der Waals surface area contributed by atoms with Crippen LogP contribution in [0, 0.1) is 19.9 Å². The van der Waals surface area contributed by atoms with Gasteiger partial charge < -0.3 is 4.74 Å². The molecule has 0 aromatic heterocycles. The molecule has 1 nitrogen and oxygen atoms in total. The zero-order valence-corrected chi connectivity index (χ0v) is 5.73. The Hall–Kier alpha value is -1.05. The summed E-state index contributed by atoms with van der Waals surface area (Å²) < 4.78 is 17.1. The maximum Gasteiger partial charge on any atom is 0.123 e. The normalized spacial score (nSPS) is 9.50. The fourth-order valence-corrected chi connectivity index (χ4v) is 0.775. The third-order valence-electron chi connectivity index (χ3n) is 1.29. The molecule has 0 unspecified atom stereocenters. The summed E-state index contributed by atoms with van der Waals surface area (Å²) in [5, 5.41) is 0. The molecule has 0 atom stereocenters. The van der Waals surface area contributed by atoms with Crippen LogP contribution in [-0.2, 0) is 0 Å². The van der Waals surface area contributed by atoms with Gasteiger partial charge in [-0.25, -0.2) is 4.39 Å². The molecule has 1 rings (SSSR count). The minimum absolute atomic E-state index is 0.252. The van der Waals surface area contributed by atoms with E-state index in [0.29, 0.717) is 5.75 Å². The van der Waals surface area contributed by atoms with Gasteiger partial charge in [0.2, 0.25) is 0 Å². The second-order valence-corrected chi connectivity index (χ2v) is 2.05. The van der Waals surface area contributed by atoms with Crippen LogP contribution >= 0.6 is 0 Å². The summed E-state index contributed by atoms with van der Waals surface area (Å²) in [5.74, 6) is 0.361. The molecule has 0 spiro atoms. The first-order valence-electron chi connectivity index (χ1n) is 2.92. The van der Waals surface area contributed by atoms with Crippen molar-refractivity contribution < 1.29 is 9.13 Å². The van der Waals surface area contributed by atoms with Crippen molar-refractivity contribution >= 4 is 0 Å². The van der Waals surface area contributed by atoms with E-state index in [4.69, 9.17) is 0 Å². The molecule has 2 heteroatoms. The number of aryl methyl sites for hydroxylation is 1. The smallest absolute Gasteiger partial charge is 0.123 e. The van der Waals surface area contributed by atoms with Gasteiger partial charge in [-0.3, -0.25) is 0 Å². The molecular formula is C8H8FO. The molecule has 0 saturated carbocycles. The van der Waals surface area contributed by atoms with Crippen LogP contribution in [0.1, 0.15) is 5.56 Å². The van der Waals surface area contributed by atoms with Crippen molar-refractivity contribution in [3.63, 3.8) is 0 Å². The number of ether oxygens (including phenoxy) is 1. The van der Waals surface area contributed by atoms with E-state index in [0.717, 1.165) is 5.56 Å². The average Bonchev–Trinajstić information content (AvgIpc) is 1.88. The Kier molecular flexibility index (Phi) is 1.90. The molecule has 53 valence electrons. The Labute approximate surface area is 59.4 Å². The van der Waals surface area contributed by atoms with E-state index in [1.54, 1.807) is 13.0 Å². The van der Waals surface area contributed by atoms with Crippen molar-refractivity contribution in [3.05, 3.63) is 36.7 Å². The molecule has 10 heavy (non-hydrogen) atoms. The van der Waals surface area contributed by atoms with Gasteiger partial charge in [-0.05, 0) is 30.7 Å². The maximum atomic E-state index is 12.4. The average molecular weight is 139 g/mol. The molecule has 0 heterocycles. The number of hydrogen-bond acceptors (Lipinski definition) is 1. The van der Waals surface area contributed by atoms with E-state index in [1.165, 1.54) is 12.1 Å². The van der Waals surface area contributed by atoms with Crippen LogP contribution in [0.5, 0.6) is 5.75 Å². The van der Waals surface area contributed by atoms with Crippen LogP contribution in [0.25, 0.3) is 0 Å². The lowest BCUT2D eigenvalue weighted by atomic mass is 10.2. The lowest BCUT2D eigenvalue weighted by Crippen LogP contribution is -1.84. The van der Waals surface area contributed by atoms with Gasteiger partial charge in [0.15, 0.2) is 0 Å². The topological polar surface area (TPSA) is 9.23 Å². The fraction of sp³-hybridized carbons (Fsp3) is 0.125. The molecule has 0 saturated heterocycles. The van der Waals surface area contributed by atoms with Crippen molar-refractivity contribution in [2.24, 2.45) is 0 Å². The minimum atomic E-state index is -0.252. The quantitative estimate of drug-likeness (QED) is 0.580. The van der Waals surface area contributed by atoms with Crippen molar-refractivity contribution in [2.45, 2.75) is 6.92 Å². The zero-order valence-electron chi connectivity index (χ0n) is 5.73. The standard InChI is InChI=1S/C8H8FO/c1-6-5-7(9)3-4-8(6)10-2/h3-5H,2H2,1H3. The molecule has 0 aliphatic rings. The molecule has 0 N–H and O–H groups in total. The van der Waals surface area contributed by atoms with Crippen molar-refractivity contribution in [3.8, 4) is 5.75 Å². The Morgan fingerprint density at radius 1 is 1.50 bits per heavy atom. The van der Waals surface area contributed by atoms with Crippen molar-refractivity contribution in [1.29, 1.82) is 0 Å². The molecule has 0 aliphatic heterocycles. The minimum Gasteiger partial charge on any atom is -0.490 e. The van der Waals surface area contributed by atoms with Gasteiger partial charge in [0.25, 0.3) is 0 Å². The molecule has 0 aliphatic carbocycles. The summed E-state index contributed by atoms with van der Waals surface area (Å²) >= 11 is 0. The van der Waals surface area contributed by atoms with E-state index < -0.39 is 0 Å². The Morgan fingerprint density at radius 3 is 2.70 bits per heavy atom. The fourth-order valence-electron chi connectivity index (χ4n) is 0.775. The molecular weight excluding hydrogens is 131 g/mol. The predicted octanol–water partition coefficient (Wildman–Crippen LogP) is 2.30. The molecule has 1 aromatic carbocycles. The van der Waals surface area contributed by atoms with Gasteiger partial charge in [-0.15, -0.1) is 0 Å². The predicted molar refractivity (Wildman–Crippen MR) is 37.1 cm³/mol. The molecule has 0 fully saturated rings. The highest BCUT2D eigenvalue weighted by Gasteiger charge is 1.97. The van der Waals surface area contributed by atoms with Crippen LogP contribution in [0.3, 0.4) is 0 Å². The van der Waals surface area contributed by atoms with Crippen LogP contribution in [0.15, 0.2) is 18.2 Å². The molecule has 0 bridgehead atoms. The number of rotatable bonds is 1. The van der Waals surface area contributed by atoms with E-state index in [1.807, 2.05) is 0 Å². The Morgan fingerprint density at radius 2 is 2.20 bits per heavy atom. The van der Waals surface area contributed by atoms with Crippen LogP contribution in [0.4, 0.5) is 4.39 Å². The summed E-state index contributed by atoms with van der Waals surface area (Å²) in [4.78, 5) is 0. The van der Waals surface area contributed by atoms with Crippen LogP contribution < -0.4 is 4.74 Å². The molecule has 1 radical (unpaired) electrons. The lowest BCUT2D eigenvalue weighted by Gasteiger charge is -2.01. The van der Waals surface area contributed by atoms with E-state index in [9.17, 15) is 4.39 Å². The van der Waals surface area contributed by atoms with Crippen molar-refractivity contribution in [1.82, 2.24) is 0 Å². The monoisotopic (exact) mass is 139 g/mol. The van der Waals surface area contributed by atoms with E-state index in [2.05, 4.69) is 11.8 Å². The highest BCUT2D eigenvalue weighted by molar-refractivity contribution is 5.32. The maximum absolute atomic E-state index is 12.4. The Bertz CT molecular complexity index is 233. The third kappa shape index (κ3) is 1.26. The van der Waals surface area contributed by atoms with E-state index >= 15 is 0 Å². The highest BCUT2D eigenvalue weighted by atomic mass is 19.1. The number of benzene rings is 1. The van der Waals surface area contributed by atoms with Gasteiger partial charge in [-0.2, -0.15) is 0 Å². The molecule has 0 amide bonds. The van der Waals surface area contributed by atoms with Gasteiger partial charge in [0, 0.05) is 0 Å². The van der Waals surface area contributed by atoms with Gasteiger partial charge in [0.05, 0.1) is 0 Å². The number of hydrogen-bond donors (Lipinski definition) is 0. The largest absolute Gasteiger partial charge is 0.490 e. The van der Waals surface area contributed by atoms with Crippen molar-refractivity contribution in [2.75, 3.05) is 0 Å². The first kappa shape index (κ1) is 7.06. The first-order chi connectivity index (χ1) is 4.74. The Balaban J connectivity index is 3.07. The van der Waals surface area contributed by atoms with Gasteiger partial charge >= 0.3 is 0 Å². The summed E-state index contributed by atoms with van der Waals surface area (Å²) in [6.45, 7) is 1.77. The lowest BCUT2D eigenvalue weighted by molar-refractivity contribution is 0.467. The summed E-state index contributed by atoms with van der Waals surface area (Å²) in [6.07, 6.45) is 0. The summed E-state index contributed by atoms with van der Waals surface area (Å²) in [6, 6.07) is 4.30. The third-order valence-corrected chi connectivity index (χ3v) is 1.29. The first-order valence-corrected chi connectivity index (χ1v) is 2.92. The summed E-state index contributed by atoms with van der Waals surface area (Å²) in [7, 11) is 3.22. The SMILES string of the molecule is [CH2]Oc1ccc(F)cc1C. The van der Waals surface area contributed by atoms with E-state index in [-0.39, 0.29) is 5.82 Å².